The summed E-state index contributed by atoms with van der Waals surface area (Å²) in [5.41, 5.74) is -0.447. The molecule has 1 atom stereocenters. The topological polar surface area (TPSA) is 104 Å². The van der Waals surface area contributed by atoms with Crippen molar-refractivity contribution in [2.45, 2.75) is 45.8 Å². The second-order valence-corrected chi connectivity index (χ2v) is 7.20. The molecule has 3 aromatic rings. The molecule has 1 unspecified atom stereocenters. The van der Waals surface area contributed by atoms with Crippen LogP contribution >= 0.6 is 0 Å². The van der Waals surface area contributed by atoms with E-state index in [1.807, 2.05) is 30.3 Å². The Labute approximate surface area is 186 Å². The van der Waals surface area contributed by atoms with Crippen LogP contribution in [0.25, 0.3) is 5.69 Å². The Morgan fingerprint density at radius 2 is 1.88 bits per heavy atom. The van der Waals surface area contributed by atoms with Gasteiger partial charge in [-0.15, -0.1) is 5.10 Å². The van der Waals surface area contributed by atoms with E-state index >= 15 is 0 Å². The van der Waals surface area contributed by atoms with Crippen molar-refractivity contribution in [1.82, 2.24) is 14.3 Å². The number of alkyl halides is 3. The van der Waals surface area contributed by atoms with Crippen LogP contribution in [0, 0.1) is 10.1 Å². The molecule has 0 amide bonds. The zero-order valence-corrected chi connectivity index (χ0v) is 17.9. The molecular weight excluding hydrogens is 443 g/mol. The second-order valence-electron chi connectivity index (χ2n) is 7.20. The smallest absolute Gasteiger partial charge is 0.369 e. The Morgan fingerprint density at radius 1 is 1.18 bits per heavy atom. The van der Waals surface area contributed by atoms with Crippen LogP contribution in [0.5, 0.6) is 0 Å². The SMILES string of the molecule is CCn1c(COCc2ccccc2)nn(-c2ccc([N+](=O)[O-])c(NC(C)C(F)(F)F)c2)c1=O. The van der Waals surface area contributed by atoms with E-state index in [-0.39, 0.29) is 24.5 Å². The van der Waals surface area contributed by atoms with Crippen LogP contribution in [-0.2, 0) is 24.5 Å². The highest BCUT2D eigenvalue weighted by Crippen LogP contribution is 2.30. The zero-order valence-electron chi connectivity index (χ0n) is 17.9. The standard InChI is InChI=1S/C21H22F3N5O4/c1-3-27-19(13-33-12-15-7-5-4-6-8-15)26-28(20(27)30)16-9-10-18(29(31)32)17(11-16)25-14(2)21(22,23)24/h4-11,14,25H,3,12-13H2,1-2H3. The number of halogens is 3. The van der Waals surface area contributed by atoms with Crippen LogP contribution in [0.4, 0.5) is 24.5 Å². The molecule has 1 heterocycles. The first-order chi connectivity index (χ1) is 15.6. The summed E-state index contributed by atoms with van der Waals surface area (Å²) in [5, 5.41) is 17.6. The van der Waals surface area contributed by atoms with E-state index in [0.717, 1.165) is 29.3 Å². The first-order valence-corrected chi connectivity index (χ1v) is 10.0. The molecule has 0 bridgehead atoms. The lowest BCUT2D eigenvalue weighted by atomic mass is 10.2. The van der Waals surface area contributed by atoms with Crippen LogP contribution in [0.3, 0.4) is 0 Å². The van der Waals surface area contributed by atoms with Crippen LogP contribution in [-0.4, -0.2) is 31.5 Å². The van der Waals surface area contributed by atoms with Crippen LogP contribution in [0.1, 0.15) is 25.2 Å². The van der Waals surface area contributed by atoms with E-state index in [1.165, 1.54) is 10.6 Å². The summed E-state index contributed by atoms with van der Waals surface area (Å²) in [6.45, 7) is 3.19. The highest BCUT2D eigenvalue weighted by atomic mass is 19.4. The third-order valence-corrected chi connectivity index (χ3v) is 4.88. The van der Waals surface area contributed by atoms with E-state index in [1.54, 1.807) is 6.92 Å². The van der Waals surface area contributed by atoms with Gasteiger partial charge in [0.15, 0.2) is 5.82 Å². The van der Waals surface area contributed by atoms with Crippen molar-refractivity contribution in [3.63, 3.8) is 0 Å². The number of nitro benzene ring substituents is 1. The van der Waals surface area contributed by atoms with E-state index in [9.17, 15) is 28.1 Å². The van der Waals surface area contributed by atoms with Crippen LogP contribution < -0.4 is 11.0 Å². The molecule has 2 aromatic carbocycles. The molecule has 0 saturated heterocycles. The quantitative estimate of drug-likeness (QED) is 0.378. The lowest BCUT2D eigenvalue weighted by molar-refractivity contribution is -0.384. The number of hydrogen-bond acceptors (Lipinski definition) is 6. The molecule has 9 nitrogen and oxygen atoms in total. The molecule has 0 aliphatic carbocycles. The fraction of sp³-hybridized carbons (Fsp3) is 0.333. The predicted molar refractivity (Wildman–Crippen MR) is 114 cm³/mol. The maximum atomic E-state index is 13.0. The van der Waals surface area contributed by atoms with Gasteiger partial charge in [-0.25, -0.2) is 4.79 Å². The minimum absolute atomic E-state index is 0.0220. The number of aromatic nitrogens is 3. The third-order valence-electron chi connectivity index (χ3n) is 4.88. The Bertz CT molecular complexity index is 1170. The summed E-state index contributed by atoms with van der Waals surface area (Å²) >= 11 is 0. The number of hydrogen-bond donors (Lipinski definition) is 1. The monoisotopic (exact) mass is 465 g/mol. The van der Waals surface area contributed by atoms with Gasteiger partial charge < -0.3 is 10.1 Å². The Hall–Kier alpha value is -3.67. The molecule has 0 fully saturated rings. The van der Waals surface area contributed by atoms with Crippen LogP contribution in [0.2, 0.25) is 0 Å². The summed E-state index contributed by atoms with van der Waals surface area (Å²) in [7, 11) is 0. The van der Waals surface area contributed by atoms with Crippen molar-refractivity contribution in [1.29, 1.82) is 0 Å². The van der Waals surface area contributed by atoms with Crippen LogP contribution in [0.15, 0.2) is 53.3 Å². The molecule has 0 aliphatic heterocycles. The number of rotatable bonds is 9. The summed E-state index contributed by atoms with van der Waals surface area (Å²) in [5.74, 6) is 0.315. The molecule has 0 spiro atoms. The van der Waals surface area contributed by atoms with Crippen molar-refractivity contribution in [2.24, 2.45) is 0 Å². The van der Waals surface area contributed by atoms with Gasteiger partial charge in [-0.05, 0) is 31.5 Å². The number of nitrogens with zero attached hydrogens (tertiary/aromatic N) is 4. The summed E-state index contributed by atoms with van der Waals surface area (Å²) in [4.78, 5) is 23.3. The van der Waals surface area contributed by atoms with E-state index in [4.69, 9.17) is 4.74 Å². The summed E-state index contributed by atoms with van der Waals surface area (Å²) in [6, 6.07) is 10.7. The van der Waals surface area contributed by atoms with Gasteiger partial charge in [0.1, 0.15) is 18.3 Å². The van der Waals surface area contributed by atoms with Crippen molar-refractivity contribution >= 4 is 11.4 Å². The van der Waals surface area contributed by atoms with Gasteiger partial charge in [-0.3, -0.25) is 14.7 Å². The molecule has 1 aromatic heterocycles. The van der Waals surface area contributed by atoms with Crippen molar-refractivity contribution in [3.8, 4) is 5.69 Å². The maximum Gasteiger partial charge on any atom is 0.408 e. The summed E-state index contributed by atoms with van der Waals surface area (Å²) in [6.07, 6.45) is -4.62. The molecule has 3 rings (SSSR count). The first kappa shape index (κ1) is 24.0. The number of ether oxygens (including phenoxy) is 1. The third kappa shape index (κ3) is 5.58. The normalized spacial score (nSPS) is 12.5. The second kappa shape index (κ2) is 9.86. The fourth-order valence-corrected chi connectivity index (χ4v) is 3.11. The van der Waals surface area contributed by atoms with E-state index in [2.05, 4.69) is 10.4 Å². The van der Waals surface area contributed by atoms with Gasteiger partial charge in [-0.2, -0.15) is 17.9 Å². The average molecular weight is 465 g/mol. The van der Waals surface area contributed by atoms with E-state index < -0.39 is 28.5 Å². The van der Waals surface area contributed by atoms with Gasteiger partial charge in [0.05, 0.1) is 17.2 Å². The van der Waals surface area contributed by atoms with Gasteiger partial charge in [-0.1, -0.05) is 30.3 Å². The largest absolute Gasteiger partial charge is 0.408 e. The lowest BCUT2D eigenvalue weighted by Crippen LogP contribution is -2.33. The van der Waals surface area contributed by atoms with Gasteiger partial charge in [0.25, 0.3) is 5.69 Å². The molecule has 1 N–H and O–H groups in total. The first-order valence-electron chi connectivity index (χ1n) is 10.0. The van der Waals surface area contributed by atoms with Crippen molar-refractivity contribution in [3.05, 3.63) is 80.5 Å². The summed E-state index contributed by atoms with van der Waals surface area (Å²) < 4.78 is 46.9. The Balaban J connectivity index is 1.91. The Morgan fingerprint density at radius 3 is 2.48 bits per heavy atom. The number of nitrogens with one attached hydrogen (secondary N) is 1. The molecule has 0 saturated carbocycles. The zero-order chi connectivity index (χ0) is 24.2. The number of nitro groups is 1. The maximum absolute atomic E-state index is 13.0. The molecular formula is C21H22F3N5O4. The molecule has 0 aliphatic rings. The molecule has 12 heteroatoms. The van der Waals surface area contributed by atoms with Gasteiger partial charge >= 0.3 is 11.9 Å². The van der Waals surface area contributed by atoms with Gasteiger partial charge in [0.2, 0.25) is 0 Å². The number of anilines is 1. The lowest BCUT2D eigenvalue weighted by Gasteiger charge is -2.18. The fourth-order valence-electron chi connectivity index (χ4n) is 3.11. The highest BCUT2D eigenvalue weighted by molar-refractivity contribution is 5.66. The van der Waals surface area contributed by atoms with Crippen molar-refractivity contribution < 1.29 is 22.8 Å². The Kier molecular flexibility index (Phi) is 7.16. The van der Waals surface area contributed by atoms with Crippen molar-refractivity contribution in [2.75, 3.05) is 5.32 Å². The molecule has 0 radical (unpaired) electrons. The number of benzene rings is 2. The highest BCUT2D eigenvalue weighted by Gasteiger charge is 2.37. The minimum Gasteiger partial charge on any atom is -0.369 e. The predicted octanol–water partition coefficient (Wildman–Crippen LogP) is 4.04. The van der Waals surface area contributed by atoms with E-state index in [0.29, 0.717) is 12.4 Å². The van der Waals surface area contributed by atoms with Gasteiger partial charge in [0, 0.05) is 12.6 Å². The minimum atomic E-state index is -4.62. The molecule has 176 valence electrons. The molecule has 33 heavy (non-hydrogen) atoms. The average Bonchev–Trinajstić information content (AvgIpc) is 3.08.